The van der Waals surface area contributed by atoms with Crippen LogP contribution in [0.1, 0.15) is 39.0 Å². The third kappa shape index (κ3) is 5.05. The van der Waals surface area contributed by atoms with Crippen molar-refractivity contribution in [2.75, 3.05) is 11.5 Å². The van der Waals surface area contributed by atoms with Gasteiger partial charge in [0.15, 0.2) is 6.61 Å². The van der Waals surface area contributed by atoms with Crippen LogP contribution in [0.3, 0.4) is 0 Å². The molecule has 0 aromatic heterocycles. The predicted octanol–water partition coefficient (Wildman–Crippen LogP) is 3.09. The zero-order valence-corrected chi connectivity index (χ0v) is 18.4. The second-order valence-electron chi connectivity index (χ2n) is 8.22. The molecule has 1 saturated heterocycles. The van der Waals surface area contributed by atoms with Crippen LogP contribution in [0.4, 0.5) is 5.69 Å². The molecule has 2 aliphatic rings. The molecule has 8 nitrogen and oxygen atoms in total. The molecule has 1 unspecified atom stereocenters. The van der Waals surface area contributed by atoms with Crippen molar-refractivity contribution in [2.45, 2.75) is 51.1 Å². The first-order valence-corrected chi connectivity index (χ1v) is 11.1. The van der Waals surface area contributed by atoms with Gasteiger partial charge >= 0.3 is 5.97 Å². The minimum atomic E-state index is -0.861. The van der Waals surface area contributed by atoms with Gasteiger partial charge in [0.1, 0.15) is 17.5 Å². The van der Waals surface area contributed by atoms with Crippen LogP contribution >= 0.6 is 0 Å². The normalized spacial score (nSPS) is 18.5. The number of ether oxygens (including phenoxy) is 2. The Hall–Kier alpha value is -3.68. The first-order valence-electron chi connectivity index (χ1n) is 11.1. The summed E-state index contributed by atoms with van der Waals surface area (Å²) in [5, 5.41) is 0. The second kappa shape index (κ2) is 9.85. The Bertz CT molecular complexity index is 1030. The highest BCUT2D eigenvalue weighted by Crippen LogP contribution is 2.32. The lowest BCUT2D eigenvalue weighted by Gasteiger charge is -2.33. The average Bonchev–Trinajstić information content (AvgIpc) is 3.42. The number of imide groups is 1. The Morgan fingerprint density at radius 3 is 2.27 bits per heavy atom. The van der Waals surface area contributed by atoms with Gasteiger partial charge in [0.25, 0.3) is 11.8 Å². The fourth-order valence-electron chi connectivity index (χ4n) is 4.48. The summed E-state index contributed by atoms with van der Waals surface area (Å²) in [4.78, 5) is 53.2. The van der Waals surface area contributed by atoms with Gasteiger partial charge in [-0.15, -0.1) is 0 Å². The maximum absolute atomic E-state index is 13.3. The van der Waals surface area contributed by atoms with E-state index in [0.717, 1.165) is 30.6 Å². The van der Waals surface area contributed by atoms with Crippen LogP contribution in [-0.4, -0.2) is 47.3 Å². The molecule has 0 bridgehead atoms. The molecule has 0 spiro atoms. The third-order valence-corrected chi connectivity index (χ3v) is 5.93. The Morgan fingerprint density at radius 1 is 0.970 bits per heavy atom. The van der Waals surface area contributed by atoms with E-state index in [9.17, 15) is 19.2 Å². The van der Waals surface area contributed by atoms with Crippen molar-refractivity contribution < 1.29 is 28.7 Å². The molecule has 3 amide bonds. The van der Waals surface area contributed by atoms with E-state index >= 15 is 0 Å². The van der Waals surface area contributed by atoms with E-state index in [0.29, 0.717) is 17.2 Å². The lowest BCUT2D eigenvalue weighted by Crippen LogP contribution is -2.51. The van der Waals surface area contributed by atoms with Gasteiger partial charge in [-0.05, 0) is 49.2 Å². The van der Waals surface area contributed by atoms with E-state index in [1.165, 1.54) is 19.1 Å². The topological polar surface area (TPSA) is 93.2 Å². The maximum Gasteiger partial charge on any atom is 0.308 e. The van der Waals surface area contributed by atoms with Gasteiger partial charge in [-0.3, -0.25) is 19.2 Å². The number of carbonyl (C=O) groups is 4. The van der Waals surface area contributed by atoms with Crippen molar-refractivity contribution in [1.82, 2.24) is 4.90 Å². The van der Waals surface area contributed by atoms with Crippen molar-refractivity contribution in [3.05, 3.63) is 54.6 Å². The van der Waals surface area contributed by atoms with E-state index in [-0.39, 0.29) is 30.9 Å². The van der Waals surface area contributed by atoms with Gasteiger partial charge in [-0.1, -0.05) is 31.0 Å². The summed E-state index contributed by atoms with van der Waals surface area (Å²) < 4.78 is 10.7. The van der Waals surface area contributed by atoms with Crippen molar-refractivity contribution in [3.63, 3.8) is 0 Å². The van der Waals surface area contributed by atoms with E-state index < -0.39 is 17.9 Å². The van der Waals surface area contributed by atoms with Crippen LogP contribution in [0, 0.1) is 0 Å². The molecule has 2 aromatic carbocycles. The van der Waals surface area contributed by atoms with E-state index in [4.69, 9.17) is 9.47 Å². The highest BCUT2D eigenvalue weighted by molar-refractivity contribution is 6.23. The number of hydrogen-bond donors (Lipinski definition) is 0. The van der Waals surface area contributed by atoms with Gasteiger partial charge in [0.05, 0.1) is 12.1 Å². The summed E-state index contributed by atoms with van der Waals surface area (Å²) >= 11 is 0. The zero-order valence-electron chi connectivity index (χ0n) is 18.4. The van der Waals surface area contributed by atoms with Crippen LogP contribution in [0.5, 0.6) is 11.5 Å². The largest absolute Gasteiger partial charge is 0.484 e. The number of benzene rings is 2. The molecule has 0 N–H and O–H groups in total. The number of para-hydroxylation sites is 1. The standard InChI is InChI=1S/C25H26N2O6/c1-17(28)33-21-13-11-19(12-14-21)27-23(29)15-22(25(27)31)26(18-7-5-6-8-18)24(30)16-32-20-9-3-2-4-10-20/h2-4,9-14,18,22H,5-8,15-16H2,1H3. The summed E-state index contributed by atoms with van der Waals surface area (Å²) in [5.41, 5.74) is 0.378. The molecule has 1 saturated carbocycles. The minimum Gasteiger partial charge on any atom is -0.484 e. The highest BCUT2D eigenvalue weighted by atomic mass is 16.5. The van der Waals surface area contributed by atoms with Crippen LogP contribution in [0.2, 0.25) is 0 Å². The van der Waals surface area contributed by atoms with Gasteiger partial charge in [0, 0.05) is 13.0 Å². The Kier molecular flexibility index (Phi) is 6.72. The second-order valence-corrected chi connectivity index (χ2v) is 8.22. The summed E-state index contributed by atoms with van der Waals surface area (Å²) in [6.07, 6.45) is 3.48. The Balaban J connectivity index is 1.52. The summed E-state index contributed by atoms with van der Waals surface area (Å²) in [7, 11) is 0. The molecule has 0 radical (unpaired) electrons. The number of amides is 3. The fraction of sp³-hybridized carbons (Fsp3) is 0.360. The molecular weight excluding hydrogens is 424 g/mol. The van der Waals surface area contributed by atoms with Gasteiger partial charge in [0.2, 0.25) is 5.91 Å². The lowest BCUT2D eigenvalue weighted by atomic mass is 10.1. The molecule has 1 atom stereocenters. The molecule has 1 aliphatic carbocycles. The van der Waals surface area contributed by atoms with E-state index in [2.05, 4.69) is 0 Å². The molecule has 1 aliphatic heterocycles. The minimum absolute atomic E-state index is 0.0713. The molecule has 172 valence electrons. The van der Waals surface area contributed by atoms with Crippen LogP contribution < -0.4 is 14.4 Å². The highest BCUT2D eigenvalue weighted by Gasteiger charge is 2.46. The number of carbonyl (C=O) groups excluding carboxylic acids is 4. The summed E-state index contributed by atoms with van der Waals surface area (Å²) in [6, 6.07) is 14.2. The Morgan fingerprint density at radius 2 is 1.64 bits per heavy atom. The zero-order chi connectivity index (χ0) is 23.4. The molecule has 33 heavy (non-hydrogen) atoms. The van der Waals surface area contributed by atoms with Gasteiger partial charge in [-0.25, -0.2) is 4.90 Å². The Labute approximate surface area is 192 Å². The molecule has 1 heterocycles. The lowest BCUT2D eigenvalue weighted by molar-refractivity contribution is -0.142. The number of rotatable bonds is 7. The first kappa shape index (κ1) is 22.5. The number of anilines is 1. The monoisotopic (exact) mass is 450 g/mol. The quantitative estimate of drug-likeness (QED) is 0.366. The SMILES string of the molecule is CC(=O)Oc1ccc(N2C(=O)CC(N(C(=O)COc3ccccc3)C3CCCC3)C2=O)cc1. The van der Waals surface area contributed by atoms with Gasteiger partial charge in [-0.2, -0.15) is 0 Å². The van der Waals surface area contributed by atoms with Crippen molar-refractivity contribution >= 4 is 29.4 Å². The molecule has 4 rings (SSSR count). The van der Waals surface area contributed by atoms with Crippen molar-refractivity contribution in [3.8, 4) is 11.5 Å². The van der Waals surface area contributed by atoms with Gasteiger partial charge < -0.3 is 14.4 Å². The van der Waals surface area contributed by atoms with Crippen molar-refractivity contribution in [2.24, 2.45) is 0 Å². The first-order chi connectivity index (χ1) is 15.9. The average molecular weight is 450 g/mol. The van der Waals surface area contributed by atoms with Crippen LogP contribution in [0.15, 0.2) is 54.6 Å². The van der Waals surface area contributed by atoms with E-state index in [1.54, 1.807) is 29.2 Å². The predicted molar refractivity (Wildman–Crippen MR) is 120 cm³/mol. The number of esters is 1. The number of nitrogens with zero attached hydrogens (tertiary/aromatic N) is 2. The smallest absolute Gasteiger partial charge is 0.308 e. The summed E-state index contributed by atoms with van der Waals surface area (Å²) in [6.45, 7) is 1.09. The maximum atomic E-state index is 13.3. The van der Waals surface area contributed by atoms with Crippen LogP contribution in [0.25, 0.3) is 0 Å². The fourth-order valence-corrected chi connectivity index (χ4v) is 4.48. The van der Waals surface area contributed by atoms with Crippen molar-refractivity contribution in [1.29, 1.82) is 0 Å². The molecule has 2 fully saturated rings. The summed E-state index contributed by atoms with van der Waals surface area (Å²) in [5.74, 6) is -0.669. The number of hydrogen-bond acceptors (Lipinski definition) is 6. The van der Waals surface area contributed by atoms with E-state index in [1.807, 2.05) is 18.2 Å². The van der Waals surface area contributed by atoms with Crippen LogP contribution in [-0.2, 0) is 19.2 Å². The molecule has 8 heteroatoms. The molecular formula is C25H26N2O6. The third-order valence-electron chi connectivity index (χ3n) is 5.93. The molecule has 2 aromatic rings.